The molecule has 0 radical (unpaired) electrons. The van der Waals surface area contributed by atoms with Gasteiger partial charge < -0.3 is 10.6 Å². The third-order valence-corrected chi connectivity index (χ3v) is 3.62. The first-order chi connectivity index (χ1) is 9.65. The Kier molecular flexibility index (Phi) is 7.61. The molecule has 1 fully saturated rings. The number of carbonyl (C=O) groups excluding carboxylic acids is 1. The molecule has 0 aliphatic carbocycles. The largest absolute Gasteiger partial charge is 0.356 e. The van der Waals surface area contributed by atoms with Crippen molar-refractivity contribution < 1.29 is 13.6 Å². The van der Waals surface area contributed by atoms with E-state index in [-0.39, 0.29) is 24.7 Å². The van der Waals surface area contributed by atoms with Crippen molar-refractivity contribution in [1.82, 2.24) is 10.6 Å². The minimum atomic E-state index is -0.913. The second kappa shape index (κ2) is 8.95. The quantitative estimate of drug-likeness (QED) is 0.875. The van der Waals surface area contributed by atoms with Gasteiger partial charge >= 0.3 is 0 Å². The van der Waals surface area contributed by atoms with Crippen LogP contribution in [0.15, 0.2) is 18.2 Å². The first kappa shape index (κ1) is 17.9. The predicted octanol–water partition coefficient (Wildman–Crippen LogP) is 2.44. The fourth-order valence-corrected chi connectivity index (χ4v) is 2.48. The lowest BCUT2D eigenvalue weighted by Gasteiger charge is -2.22. The number of nitrogens with one attached hydrogen (secondary N) is 2. The summed E-state index contributed by atoms with van der Waals surface area (Å²) in [5.74, 6) is -1.34. The molecule has 1 amide bonds. The molecule has 1 atom stereocenters. The minimum absolute atomic E-state index is 0. The number of carbonyl (C=O) groups is 1. The molecule has 1 aliphatic heterocycles. The SMILES string of the molecule is Cl.O=C(Cc1ccc(F)c(F)c1)NCCC1CCCNC1. The van der Waals surface area contributed by atoms with Gasteiger partial charge in [-0.05, 0) is 56.0 Å². The standard InChI is InChI=1S/C15H20F2N2O.ClH/c16-13-4-3-12(8-14(13)17)9-15(20)19-7-5-11-2-1-6-18-10-11;/h3-4,8,11,18H,1-2,5-7,9-10H2,(H,19,20);1H. The van der Waals surface area contributed by atoms with Gasteiger partial charge in [-0.15, -0.1) is 12.4 Å². The van der Waals surface area contributed by atoms with Gasteiger partial charge in [0, 0.05) is 6.54 Å². The van der Waals surface area contributed by atoms with E-state index in [4.69, 9.17) is 0 Å². The molecular formula is C15H21ClF2N2O. The van der Waals surface area contributed by atoms with Crippen LogP contribution in [0.25, 0.3) is 0 Å². The van der Waals surface area contributed by atoms with E-state index in [1.54, 1.807) is 0 Å². The van der Waals surface area contributed by atoms with Crippen molar-refractivity contribution in [3.8, 4) is 0 Å². The Morgan fingerprint density at radius 2 is 2.14 bits per heavy atom. The number of benzene rings is 1. The Hall–Kier alpha value is -1.20. The molecule has 3 nitrogen and oxygen atoms in total. The molecule has 118 valence electrons. The van der Waals surface area contributed by atoms with Crippen LogP contribution in [-0.4, -0.2) is 25.5 Å². The van der Waals surface area contributed by atoms with Gasteiger partial charge in [0.25, 0.3) is 0 Å². The van der Waals surface area contributed by atoms with Gasteiger partial charge in [-0.25, -0.2) is 8.78 Å². The number of halogens is 3. The maximum absolute atomic E-state index is 13.0. The van der Waals surface area contributed by atoms with Crippen LogP contribution in [0.2, 0.25) is 0 Å². The number of rotatable bonds is 5. The van der Waals surface area contributed by atoms with E-state index < -0.39 is 11.6 Å². The van der Waals surface area contributed by atoms with Crippen molar-refractivity contribution in [2.75, 3.05) is 19.6 Å². The first-order valence-corrected chi connectivity index (χ1v) is 7.06. The molecule has 1 unspecified atom stereocenters. The Morgan fingerprint density at radius 1 is 1.33 bits per heavy atom. The van der Waals surface area contributed by atoms with E-state index in [1.165, 1.54) is 18.9 Å². The van der Waals surface area contributed by atoms with Crippen molar-refractivity contribution >= 4 is 18.3 Å². The summed E-state index contributed by atoms with van der Waals surface area (Å²) in [4.78, 5) is 11.7. The number of hydrogen-bond acceptors (Lipinski definition) is 2. The summed E-state index contributed by atoms with van der Waals surface area (Å²) in [7, 11) is 0. The van der Waals surface area contributed by atoms with E-state index in [1.807, 2.05) is 0 Å². The lowest BCUT2D eigenvalue weighted by Crippen LogP contribution is -2.33. The molecular weight excluding hydrogens is 298 g/mol. The highest BCUT2D eigenvalue weighted by atomic mass is 35.5. The minimum Gasteiger partial charge on any atom is -0.356 e. The Labute approximate surface area is 129 Å². The van der Waals surface area contributed by atoms with E-state index in [2.05, 4.69) is 10.6 Å². The van der Waals surface area contributed by atoms with Gasteiger partial charge in [0.2, 0.25) is 5.91 Å². The van der Waals surface area contributed by atoms with Gasteiger partial charge in [-0.3, -0.25) is 4.79 Å². The Balaban J connectivity index is 0.00000220. The van der Waals surface area contributed by atoms with Gasteiger partial charge in [-0.1, -0.05) is 6.07 Å². The van der Waals surface area contributed by atoms with Crippen molar-refractivity contribution in [2.24, 2.45) is 5.92 Å². The molecule has 2 N–H and O–H groups in total. The van der Waals surface area contributed by atoms with E-state index in [0.29, 0.717) is 18.0 Å². The smallest absolute Gasteiger partial charge is 0.224 e. The van der Waals surface area contributed by atoms with E-state index >= 15 is 0 Å². The summed E-state index contributed by atoms with van der Waals surface area (Å²) < 4.78 is 25.8. The average molecular weight is 319 g/mol. The molecule has 21 heavy (non-hydrogen) atoms. The fraction of sp³-hybridized carbons (Fsp3) is 0.533. The zero-order valence-corrected chi connectivity index (χ0v) is 12.6. The molecule has 0 saturated carbocycles. The topological polar surface area (TPSA) is 41.1 Å². The maximum atomic E-state index is 13.0. The van der Waals surface area contributed by atoms with Crippen LogP contribution in [0.4, 0.5) is 8.78 Å². The number of amides is 1. The molecule has 6 heteroatoms. The molecule has 1 heterocycles. The highest BCUT2D eigenvalue weighted by molar-refractivity contribution is 5.85. The summed E-state index contributed by atoms with van der Waals surface area (Å²) >= 11 is 0. The molecule has 1 aliphatic rings. The van der Waals surface area contributed by atoms with Crippen molar-refractivity contribution in [2.45, 2.75) is 25.7 Å². The third-order valence-electron chi connectivity index (χ3n) is 3.62. The van der Waals surface area contributed by atoms with Crippen LogP contribution >= 0.6 is 12.4 Å². The van der Waals surface area contributed by atoms with Gasteiger partial charge in [-0.2, -0.15) is 0 Å². The van der Waals surface area contributed by atoms with E-state index in [0.717, 1.165) is 31.6 Å². The summed E-state index contributed by atoms with van der Waals surface area (Å²) in [5, 5.41) is 6.16. The highest BCUT2D eigenvalue weighted by Gasteiger charge is 2.13. The number of hydrogen-bond donors (Lipinski definition) is 2. The normalized spacial score (nSPS) is 17.9. The van der Waals surface area contributed by atoms with Crippen LogP contribution in [0, 0.1) is 17.6 Å². The van der Waals surface area contributed by atoms with E-state index in [9.17, 15) is 13.6 Å². The second-order valence-electron chi connectivity index (χ2n) is 5.28. The predicted molar refractivity (Wildman–Crippen MR) is 80.5 cm³/mol. The fourth-order valence-electron chi connectivity index (χ4n) is 2.48. The van der Waals surface area contributed by atoms with Crippen LogP contribution in [0.3, 0.4) is 0 Å². The molecule has 1 saturated heterocycles. The summed E-state index contributed by atoms with van der Waals surface area (Å²) in [6.45, 7) is 2.73. The first-order valence-electron chi connectivity index (χ1n) is 7.06. The summed E-state index contributed by atoms with van der Waals surface area (Å²) in [6.07, 6.45) is 3.43. The summed E-state index contributed by atoms with van der Waals surface area (Å²) in [6, 6.07) is 3.55. The van der Waals surface area contributed by atoms with Crippen molar-refractivity contribution in [3.63, 3.8) is 0 Å². The van der Waals surface area contributed by atoms with Gasteiger partial charge in [0.15, 0.2) is 11.6 Å². The molecule has 0 aromatic heterocycles. The lowest BCUT2D eigenvalue weighted by molar-refractivity contribution is -0.120. The molecule has 0 spiro atoms. The Morgan fingerprint density at radius 3 is 2.81 bits per heavy atom. The summed E-state index contributed by atoms with van der Waals surface area (Å²) in [5.41, 5.74) is 0.487. The molecule has 0 bridgehead atoms. The maximum Gasteiger partial charge on any atom is 0.224 e. The second-order valence-corrected chi connectivity index (χ2v) is 5.28. The van der Waals surface area contributed by atoms with Crippen LogP contribution in [-0.2, 0) is 11.2 Å². The van der Waals surface area contributed by atoms with Crippen LogP contribution < -0.4 is 10.6 Å². The van der Waals surface area contributed by atoms with Crippen LogP contribution in [0.1, 0.15) is 24.8 Å². The zero-order chi connectivity index (χ0) is 14.4. The zero-order valence-electron chi connectivity index (χ0n) is 11.8. The third kappa shape index (κ3) is 5.98. The lowest BCUT2D eigenvalue weighted by atomic mass is 9.96. The monoisotopic (exact) mass is 318 g/mol. The van der Waals surface area contributed by atoms with Crippen molar-refractivity contribution in [1.29, 1.82) is 0 Å². The van der Waals surface area contributed by atoms with Gasteiger partial charge in [0.05, 0.1) is 6.42 Å². The molecule has 1 aromatic rings. The molecule has 1 aromatic carbocycles. The molecule has 2 rings (SSSR count). The van der Waals surface area contributed by atoms with Crippen molar-refractivity contribution in [3.05, 3.63) is 35.4 Å². The van der Waals surface area contributed by atoms with Crippen LogP contribution in [0.5, 0.6) is 0 Å². The Bertz CT molecular complexity index is 465. The highest BCUT2D eigenvalue weighted by Crippen LogP contribution is 2.13. The van der Waals surface area contributed by atoms with Gasteiger partial charge in [0.1, 0.15) is 0 Å². The number of piperidine rings is 1. The average Bonchev–Trinajstić information content (AvgIpc) is 2.44.